The van der Waals surface area contributed by atoms with E-state index >= 15 is 0 Å². The third kappa shape index (κ3) is 5.03. The number of rotatable bonds is 10. The van der Waals surface area contributed by atoms with Gasteiger partial charge in [-0.05, 0) is 36.8 Å². The molecule has 2 aliphatic rings. The zero-order valence-corrected chi connectivity index (χ0v) is 19.7. The van der Waals surface area contributed by atoms with Crippen LogP contribution in [0.3, 0.4) is 0 Å². The molecule has 0 spiro atoms. The van der Waals surface area contributed by atoms with Gasteiger partial charge in [-0.25, -0.2) is 0 Å². The van der Waals surface area contributed by atoms with Crippen LogP contribution in [0.15, 0.2) is 24.3 Å². The van der Waals surface area contributed by atoms with E-state index in [2.05, 4.69) is 38.1 Å². The van der Waals surface area contributed by atoms with Crippen LogP contribution in [0.1, 0.15) is 94.4 Å². The van der Waals surface area contributed by atoms with Gasteiger partial charge in [-0.3, -0.25) is 4.79 Å². The standard InChI is InChI=1S/C23H34NO2.Y/c1-3-5-6-7-16-24-20(17-21(24)25)18-9-11-19(12-10-18)22(26)23(13-4-2)14-8-15-23;/h9-12,20,22,26H,1,3-8,13-17H2,2H3;/q-1;/t20-,22?;/m1./s1. The maximum Gasteiger partial charge on any atom is 0.225 e. The van der Waals surface area contributed by atoms with E-state index in [-0.39, 0.29) is 56.2 Å². The molecule has 1 aromatic rings. The van der Waals surface area contributed by atoms with Gasteiger partial charge >= 0.3 is 0 Å². The van der Waals surface area contributed by atoms with E-state index in [0.29, 0.717) is 6.42 Å². The average Bonchev–Trinajstić information content (AvgIpc) is 2.62. The number of likely N-dealkylation sites (tertiary alicyclic amines) is 1. The number of aliphatic hydroxyl groups excluding tert-OH is 1. The second kappa shape index (κ2) is 10.5. The minimum absolute atomic E-state index is 0. The second-order valence-electron chi connectivity index (χ2n) is 8.26. The van der Waals surface area contributed by atoms with Crippen molar-refractivity contribution in [2.75, 3.05) is 6.54 Å². The summed E-state index contributed by atoms with van der Waals surface area (Å²) in [5.74, 6) is 0.269. The Hall–Kier alpha value is -0.246. The van der Waals surface area contributed by atoms with E-state index in [1.165, 1.54) is 12.0 Å². The minimum atomic E-state index is -0.355. The van der Waals surface area contributed by atoms with Gasteiger partial charge in [0.15, 0.2) is 0 Å². The van der Waals surface area contributed by atoms with Crippen molar-refractivity contribution in [1.82, 2.24) is 4.90 Å². The quantitative estimate of drug-likeness (QED) is 0.299. The third-order valence-corrected chi connectivity index (χ3v) is 6.53. The minimum Gasteiger partial charge on any atom is -0.388 e. The molecule has 1 amide bonds. The Labute approximate surface area is 190 Å². The van der Waals surface area contributed by atoms with Crippen LogP contribution < -0.4 is 0 Å². The first-order valence-electron chi connectivity index (χ1n) is 10.5. The number of carbonyl (C=O) groups is 1. The molecule has 1 unspecified atom stereocenters. The van der Waals surface area contributed by atoms with E-state index in [9.17, 15) is 9.90 Å². The zero-order chi connectivity index (χ0) is 18.6. The number of hydrogen-bond donors (Lipinski definition) is 1. The van der Waals surface area contributed by atoms with Crippen LogP contribution in [0.2, 0.25) is 0 Å². The van der Waals surface area contributed by atoms with Crippen molar-refractivity contribution in [3.05, 3.63) is 42.3 Å². The van der Waals surface area contributed by atoms with Crippen LogP contribution >= 0.6 is 0 Å². The fourth-order valence-corrected chi connectivity index (χ4v) is 4.71. The largest absolute Gasteiger partial charge is 0.388 e. The van der Waals surface area contributed by atoms with Crippen molar-refractivity contribution in [2.45, 2.75) is 83.3 Å². The molecule has 3 nitrogen and oxygen atoms in total. The van der Waals surface area contributed by atoms with Crippen LogP contribution in [0, 0.1) is 12.3 Å². The van der Waals surface area contributed by atoms with Gasteiger partial charge in [0.25, 0.3) is 0 Å². The van der Waals surface area contributed by atoms with Crippen LogP contribution in [-0.2, 0) is 37.5 Å². The summed E-state index contributed by atoms with van der Waals surface area (Å²) in [6, 6.07) is 8.63. The van der Waals surface area contributed by atoms with Crippen molar-refractivity contribution in [2.24, 2.45) is 5.41 Å². The number of aliphatic hydroxyl groups is 1. The van der Waals surface area contributed by atoms with E-state index < -0.39 is 0 Å². The van der Waals surface area contributed by atoms with Crippen molar-refractivity contribution < 1.29 is 42.6 Å². The molecule has 2 fully saturated rings. The molecule has 4 heteroatoms. The predicted molar refractivity (Wildman–Crippen MR) is 105 cm³/mol. The Kier molecular flexibility index (Phi) is 8.97. The molecule has 1 saturated carbocycles. The summed E-state index contributed by atoms with van der Waals surface area (Å²) in [4.78, 5) is 14.0. The van der Waals surface area contributed by atoms with Crippen LogP contribution in [-0.4, -0.2) is 22.5 Å². The summed E-state index contributed by atoms with van der Waals surface area (Å²) in [6.07, 6.45) is 10.3. The molecule has 2 atom stereocenters. The molecule has 0 bridgehead atoms. The molecular formula is C23H34NO2Y-. The van der Waals surface area contributed by atoms with Gasteiger partial charge in [0, 0.05) is 44.7 Å². The number of nitrogens with zero attached hydrogens (tertiary/aromatic N) is 1. The van der Waals surface area contributed by atoms with Crippen molar-refractivity contribution in [1.29, 1.82) is 0 Å². The van der Waals surface area contributed by atoms with Crippen LogP contribution in [0.5, 0.6) is 0 Å². The number of benzene rings is 1. The normalized spacial score (nSPS) is 21.8. The fourth-order valence-electron chi connectivity index (χ4n) is 4.71. The maximum atomic E-state index is 12.0. The summed E-state index contributed by atoms with van der Waals surface area (Å²) in [6.45, 7) is 6.93. The average molecular weight is 445 g/mol. The van der Waals surface area contributed by atoms with Gasteiger partial charge < -0.3 is 16.9 Å². The Morgan fingerprint density at radius 3 is 2.44 bits per heavy atom. The van der Waals surface area contributed by atoms with Gasteiger partial charge in [0.2, 0.25) is 5.91 Å². The van der Waals surface area contributed by atoms with Crippen molar-refractivity contribution in [3.8, 4) is 0 Å². The SMILES string of the molecule is [CH2-]CCCCCN1C(=O)C[C@@H]1c1ccc(C(O)C2(CCC)CCC2)cc1.[Y]. The number of hydrogen-bond acceptors (Lipinski definition) is 2. The third-order valence-electron chi connectivity index (χ3n) is 6.53. The van der Waals surface area contributed by atoms with Gasteiger partial charge in [-0.15, -0.1) is 0 Å². The van der Waals surface area contributed by atoms with Gasteiger partial charge in [0.1, 0.15) is 0 Å². The molecule has 1 heterocycles. The first-order chi connectivity index (χ1) is 12.6. The summed E-state index contributed by atoms with van der Waals surface area (Å²) >= 11 is 0. The fraction of sp³-hybridized carbons (Fsp3) is 0.652. The molecule has 27 heavy (non-hydrogen) atoms. The van der Waals surface area contributed by atoms with Gasteiger partial charge in [-0.2, -0.15) is 6.42 Å². The molecule has 147 valence electrons. The van der Waals surface area contributed by atoms with Gasteiger partial charge in [0.05, 0.1) is 18.6 Å². The summed E-state index contributed by atoms with van der Waals surface area (Å²) in [5.41, 5.74) is 2.34. The zero-order valence-electron chi connectivity index (χ0n) is 16.8. The maximum absolute atomic E-state index is 12.0. The topological polar surface area (TPSA) is 40.5 Å². The number of β-lactam (4-membered cyclic amide) rings is 1. The van der Waals surface area contributed by atoms with E-state index in [4.69, 9.17) is 0 Å². The van der Waals surface area contributed by atoms with Crippen molar-refractivity contribution >= 4 is 5.91 Å². The van der Waals surface area contributed by atoms with Gasteiger partial charge in [-0.1, -0.05) is 56.9 Å². The van der Waals surface area contributed by atoms with E-state index in [1.807, 2.05) is 4.90 Å². The molecule has 1 aliphatic heterocycles. The Morgan fingerprint density at radius 2 is 1.93 bits per heavy atom. The van der Waals surface area contributed by atoms with Crippen molar-refractivity contribution in [3.63, 3.8) is 0 Å². The van der Waals surface area contributed by atoms with E-state index in [0.717, 1.165) is 63.5 Å². The Bertz CT molecular complexity index is 597. The molecule has 1 aliphatic carbocycles. The number of unbranched alkanes of at least 4 members (excludes halogenated alkanes) is 3. The Morgan fingerprint density at radius 1 is 1.22 bits per heavy atom. The van der Waals surface area contributed by atoms with Crippen LogP contribution in [0.25, 0.3) is 0 Å². The summed E-state index contributed by atoms with van der Waals surface area (Å²) in [5, 5.41) is 10.9. The Balaban J connectivity index is 0.00000261. The smallest absolute Gasteiger partial charge is 0.225 e. The summed E-state index contributed by atoms with van der Waals surface area (Å²) in [7, 11) is 0. The first-order valence-corrected chi connectivity index (χ1v) is 10.5. The first kappa shape index (κ1) is 23.0. The second-order valence-corrected chi connectivity index (χ2v) is 8.26. The number of carbonyl (C=O) groups excluding carboxylic acids is 1. The predicted octanol–water partition coefficient (Wildman–Crippen LogP) is 5.36. The summed E-state index contributed by atoms with van der Waals surface area (Å²) < 4.78 is 0. The molecule has 1 N–H and O–H groups in total. The van der Waals surface area contributed by atoms with Crippen LogP contribution in [0.4, 0.5) is 0 Å². The van der Waals surface area contributed by atoms with E-state index in [1.54, 1.807) is 0 Å². The monoisotopic (exact) mass is 445 g/mol. The molecule has 1 radical (unpaired) electrons. The molecule has 0 aromatic heterocycles. The molecule has 1 saturated heterocycles. The molecule has 1 aromatic carbocycles. The molecule has 3 rings (SSSR count). The number of amides is 1. The molecular weight excluding hydrogens is 411 g/mol.